The summed E-state index contributed by atoms with van der Waals surface area (Å²) in [5.41, 5.74) is 16.2. The summed E-state index contributed by atoms with van der Waals surface area (Å²) in [5, 5.41) is 2.33. The lowest BCUT2D eigenvalue weighted by Gasteiger charge is -2.10. The van der Waals surface area contributed by atoms with Gasteiger partial charge in [-0.25, -0.2) is 9.97 Å². The Morgan fingerprint density at radius 1 is 1.23 bits per heavy atom. The number of thiophene rings is 1. The number of aliphatic imine (C=N–C) groups is 1. The largest absolute Gasteiger partial charge is 0.397 e. The molecule has 26 heavy (non-hydrogen) atoms. The van der Waals surface area contributed by atoms with Crippen LogP contribution in [0.5, 0.6) is 0 Å². The molecule has 0 bridgehead atoms. The molecule has 4 N–H and O–H groups in total. The van der Waals surface area contributed by atoms with Crippen molar-refractivity contribution in [1.82, 2.24) is 9.97 Å². The highest BCUT2D eigenvalue weighted by atomic mass is 35.5. The van der Waals surface area contributed by atoms with E-state index in [9.17, 15) is 0 Å². The van der Waals surface area contributed by atoms with Crippen LogP contribution in [0.4, 0.5) is 5.95 Å². The van der Waals surface area contributed by atoms with Crippen molar-refractivity contribution >= 4 is 40.8 Å². The Morgan fingerprint density at radius 2 is 2.00 bits per heavy atom. The zero-order valence-corrected chi connectivity index (χ0v) is 15.8. The van der Waals surface area contributed by atoms with Gasteiger partial charge < -0.3 is 11.5 Å². The SMILES string of the molecule is CN=C/C(Cc1sccc1-c1ccccc1)=C(\N)c1cc(Cl)nc(N)n1. The molecule has 0 saturated carbocycles. The van der Waals surface area contributed by atoms with E-state index in [0.717, 1.165) is 5.57 Å². The second-order valence-electron chi connectivity index (χ2n) is 5.56. The van der Waals surface area contributed by atoms with Crippen molar-refractivity contribution in [2.45, 2.75) is 6.42 Å². The highest BCUT2D eigenvalue weighted by molar-refractivity contribution is 7.10. The molecule has 2 heterocycles. The Bertz CT molecular complexity index is 943. The van der Waals surface area contributed by atoms with Gasteiger partial charge in [0.15, 0.2) is 0 Å². The lowest BCUT2D eigenvalue weighted by Crippen LogP contribution is -2.09. The Labute approximate surface area is 161 Å². The smallest absolute Gasteiger partial charge is 0.222 e. The zero-order chi connectivity index (χ0) is 18.5. The molecule has 0 aliphatic heterocycles. The van der Waals surface area contributed by atoms with Crippen molar-refractivity contribution in [2.75, 3.05) is 12.8 Å². The highest BCUT2D eigenvalue weighted by Gasteiger charge is 2.13. The van der Waals surface area contributed by atoms with Gasteiger partial charge in [-0.2, -0.15) is 0 Å². The van der Waals surface area contributed by atoms with Crippen LogP contribution in [0, 0.1) is 0 Å². The predicted molar refractivity (Wildman–Crippen MR) is 110 cm³/mol. The molecule has 0 aliphatic carbocycles. The molecular weight excluding hydrogens is 366 g/mol. The molecule has 0 spiro atoms. The lowest BCUT2D eigenvalue weighted by molar-refractivity contribution is 1.14. The van der Waals surface area contributed by atoms with Crippen molar-refractivity contribution < 1.29 is 0 Å². The third-order valence-corrected chi connectivity index (χ3v) is 4.91. The molecule has 0 fully saturated rings. The van der Waals surface area contributed by atoms with Crippen LogP contribution in [-0.2, 0) is 6.42 Å². The van der Waals surface area contributed by atoms with Gasteiger partial charge in [0.25, 0.3) is 0 Å². The van der Waals surface area contributed by atoms with Gasteiger partial charge in [-0.15, -0.1) is 11.3 Å². The highest BCUT2D eigenvalue weighted by Crippen LogP contribution is 2.31. The summed E-state index contributed by atoms with van der Waals surface area (Å²) in [5.74, 6) is 0.0873. The number of rotatable bonds is 5. The van der Waals surface area contributed by atoms with Gasteiger partial charge in [-0.1, -0.05) is 41.9 Å². The van der Waals surface area contributed by atoms with Gasteiger partial charge in [-0.3, -0.25) is 4.99 Å². The Kier molecular flexibility index (Phi) is 5.65. The average Bonchev–Trinajstić information content (AvgIpc) is 3.09. The van der Waals surface area contributed by atoms with Crippen molar-refractivity contribution in [2.24, 2.45) is 10.7 Å². The fourth-order valence-corrected chi connectivity index (χ4v) is 3.74. The Hall–Kier alpha value is -2.70. The third kappa shape index (κ3) is 4.09. The van der Waals surface area contributed by atoms with E-state index in [2.05, 4.69) is 38.5 Å². The van der Waals surface area contributed by atoms with Crippen LogP contribution in [0.1, 0.15) is 10.6 Å². The van der Waals surface area contributed by atoms with Crippen molar-refractivity contribution in [1.29, 1.82) is 0 Å². The first-order valence-corrected chi connectivity index (χ1v) is 9.17. The van der Waals surface area contributed by atoms with E-state index in [0.29, 0.717) is 17.8 Å². The minimum absolute atomic E-state index is 0.0873. The van der Waals surface area contributed by atoms with Crippen molar-refractivity contribution in [3.8, 4) is 11.1 Å². The first-order chi connectivity index (χ1) is 12.6. The second kappa shape index (κ2) is 8.12. The zero-order valence-electron chi connectivity index (χ0n) is 14.2. The molecule has 1 aromatic carbocycles. The fourth-order valence-electron chi connectivity index (χ4n) is 2.63. The number of anilines is 1. The maximum absolute atomic E-state index is 6.36. The molecule has 132 valence electrons. The van der Waals surface area contributed by atoms with E-state index in [1.807, 2.05) is 18.2 Å². The van der Waals surface area contributed by atoms with Gasteiger partial charge in [0.05, 0.1) is 11.4 Å². The van der Waals surface area contributed by atoms with E-state index in [4.69, 9.17) is 23.1 Å². The molecule has 0 unspecified atom stereocenters. The van der Waals surface area contributed by atoms with Gasteiger partial charge >= 0.3 is 0 Å². The van der Waals surface area contributed by atoms with Crippen LogP contribution in [0.2, 0.25) is 5.15 Å². The molecule has 5 nitrogen and oxygen atoms in total. The molecule has 7 heteroatoms. The normalized spacial score (nSPS) is 12.4. The molecule has 3 rings (SSSR count). The molecule has 0 atom stereocenters. The quantitative estimate of drug-likeness (QED) is 0.513. The van der Waals surface area contributed by atoms with Gasteiger partial charge in [0.2, 0.25) is 5.95 Å². The van der Waals surface area contributed by atoms with Crippen molar-refractivity contribution in [3.63, 3.8) is 0 Å². The van der Waals surface area contributed by atoms with Crippen LogP contribution in [-0.4, -0.2) is 23.2 Å². The molecule has 3 aromatic rings. The summed E-state index contributed by atoms with van der Waals surface area (Å²) in [7, 11) is 1.71. The number of nitrogen functional groups attached to an aromatic ring is 1. The fraction of sp³-hybridized carbons (Fsp3) is 0.105. The molecule has 0 amide bonds. The van der Waals surface area contributed by atoms with Crippen molar-refractivity contribution in [3.05, 3.63) is 69.1 Å². The first-order valence-electron chi connectivity index (χ1n) is 7.91. The number of nitrogens with two attached hydrogens (primary N) is 2. The number of nitrogens with zero attached hydrogens (tertiary/aromatic N) is 3. The van der Waals surface area contributed by atoms with Crippen LogP contribution in [0.25, 0.3) is 16.8 Å². The summed E-state index contributed by atoms with van der Waals surface area (Å²) in [6.07, 6.45) is 2.38. The van der Waals surface area contributed by atoms with E-state index < -0.39 is 0 Å². The summed E-state index contributed by atoms with van der Waals surface area (Å²) < 4.78 is 0. The monoisotopic (exact) mass is 383 g/mol. The van der Waals surface area contributed by atoms with Crippen LogP contribution in [0.3, 0.4) is 0 Å². The lowest BCUT2D eigenvalue weighted by atomic mass is 10.0. The van der Waals surface area contributed by atoms with E-state index >= 15 is 0 Å². The molecule has 0 saturated heterocycles. The Balaban J connectivity index is 2.01. The minimum Gasteiger partial charge on any atom is -0.397 e. The van der Waals surface area contributed by atoms with Crippen LogP contribution in [0.15, 0.2) is 58.4 Å². The third-order valence-electron chi connectivity index (χ3n) is 3.80. The standard InChI is InChI=1S/C19H18ClN5S/c1-23-11-13(18(21)15-10-17(20)25-19(22)24-15)9-16-14(7-8-26-16)12-5-3-2-4-6-12/h2-8,10-11H,9,21H2,1H3,(H2,22,24,25)/b18-13-,23-11?. The summed E-state index contributed by atoms with van der Waals surface area (Å²) in [6.45, 7) is 0. The summed E-state index contributed by atoms with van der Waals surface area (Å²) in [4.78, 5) is 13.4. The molecule has 0 aliphatic rings. The number of hydrogen-bond donors (Lipinski definition) is 2. The maximum atomic E-state index is 6.36. The van der Waals surface area contributed by atoms with Gasteiger partial charge in [0, 0.05) is 36.2 Å². The van der Waals surface area contributed by atoms with E-state index in [-0.39, 0.29) is 11.1 Å². The topological polar surface area (TPSA) is 90.2 Å². The average molecular weight is 384 g/mol. The number of benzene rings is 1. The predicted octanol–water partition coefficient (Wildman–Crippen LogP) is 4.05. The van der Waals surface area contributed by atoms with Gasteiger partial charge in [-0.05, 0) is 22.6 Å². The van der Waals surface area contributed by atoms with Crippen LogP contribution < -0.4 is 11.5 Å². The van der Waals surface area contributed by atoms with Crippen LogP contribution >= 0.6 is 22.9 Å². The van der Waals surface area contributed by atoms with Gasteiger partial charge in [0.1, 0.15) is 5.15 Å². The first kappa shape index (κ1) is 18.1. The molecular formula is C19H18ClN5S. The number of halogens is 1. The number of allylic oxidation sites excluding steroid dienone is 1. The maximum Gasteiger partial charge on any atom is 0.222 e. The summed E-state index contributed by atoms with van der Waals surface area (Å²) in [6, 6.07) is 14.0. The minimum atomic E-state index is 0.0873. The molecule has 2 aromatic heterocycles. The molecule has 0 radical (unpaired) electrons. The second-order valence-corrected chi connectivity index (χ2v) is 6.95. The number of hydrogen-bond acceptors (Lipinski definition) is 6. The number of aromatic nitrogens is 2. The Morgan fingerprint density at radius 3 is 2.69 bits per heavy atom. The van der Waals surface area contributed by atoms with E-state index in [1.54, 1.807) is 30.7 Å². The van der Waals surface area contributed by atoms with E-state index in [1.165, 1.54) is 16.0 Å². The summed E-state index contributed by atoms with van der Waals surface area (Å²) >= 11 is 7.67.